The molecule has 11 heavy (non-hydrogen) atoms. The number of benzene rings is 1. The normalized spacial score (nSPS) is 10.0. The van der Waals surface area contributed by atoms with Gasteiger partial charge in [-0.1, -0.05) is 18.2 Å². The van der Waals surface area contributed by atoms with E-state index in [0.717, 1.165) is 0 Å². The smallest absolute Gasteiger partial charge is 0.0728 e. The van der Waals surface area contributed by atoms with Crippen molar-refractivity contribution in [3.05, 3.63) is 36.9 Å². The van der Waals surface area contributed by atoms with Crippen molar-refractivity contribution in [3.63, 3.8) is 0 Å². The van der Waals surface area contributed by atoms with Crippen LogP contribution in [0.1, 0.15) is 5.56 Å². The molecule has 1 nitrogen and oxygen atoms in total. The van der Waals surface area contributed by atoms with Gasteiger partial charge in [-0.05, 0) is 17.9 Å². The van der Waals surface area contributed by atoms with Crippen molar-refractivity contribution in [2.45, 2.75) is 11.5 Å². The molecule has 0 atom stereocenters. The molecule has 0 amide bonds. The lowest BCUT2D eigenvalue weighted by molar-refractivity contribution is 0.226. The fraction of sp³-hybridized carbons (Fsp3) is 0.222. The zero-order valence-corrected chi connectivity index (χ0v) is 7.36. The van der Waals surface area contributed by atoms with E-state index in [1.54, 1.807) is 11.8 Å². The summed E-state index contributed by atoms with van der Waals surface area (Å²) in [5, 5.41) is 0. The molecular weight excluding hydrogens is 156 g/mol. The summed E-state index contributed by atoms with van der Waals surface area (Å²) in [6.07, 6.45) is 2.06. The van der Waals surface area contributed by atoms with Gasteiger partial charge in [0.25, 0.3) is 0 Å². The second-order valence-electron chi connectivity index (χ2n) is 2.16. The van der Waals surface area contributed by atoms with E-state index >= 15 is 0 Å². The molecule has 0 bridgehead atoms. The van der Waals surface area contributed by atoms with Gasteiger partial charge in [0.05, 0.1) is 13.7 Å². The Bertz CT molecular complexity index is 223. The van der Waals surface area contributed by atoms with Crippen LogP contribution in [0.15, 0.2) is 29.2 Å². The molecular formula is C9H11OS. The molecule has 2 heteroatoms. The summed E-state index contributed by atoms with van der Waals surface area (Å²) in [6.45, 7) is 0.594. The van der Waals surface area contributed by atoms with Crippen LogP contribution in [0.5, 0.6) is 0 Å². The number of hydrogen-bond acceptors (Lipinski definition) is 2. The van der Waals surface area contributed by atoms with Crippen molar-refractivity contribution in [1.82, 2.24) is 0 Å². The van der Waals surface area contributed by atoms with Crippen molar-refractivity contribution in [3.8, 4) is 0 Å². The minimum atomic E-state index is 0.594. The first kappa shape index (κ1) is 8.62. The summed E-state index contributed by atoms with van der Waals surface area (Å²) in [6, 6.07) is 8.17. The van der Waals surface area contributed by atoms with Crippen LogP contribution < -0.4 is 0 Å². The molecule has 1 aromatic carbocycles. The van der Waals surface area contributed by atoms with Gasteiger partial charge in [-0.25, -0.2) is 0 Å². The monoisotopic (exact) mass is 167 g/mol. The van der Waals surface area contributed by atoms with Crippen molar-refractivity contribution in [2.24, 2.45) is 0 Å². The van der Waals surface area contributed by atoms with Crippen LogP contribution in [0.25, 0.3) is 0 Å². The third kappa shape index (κ3) is 2.24. The minimum absolute atomic E-state index is 0.594. The Morgan fingerprint density at radius 2 is 2.18 bits per heavy atom. The van der Waals surface area contributed by atoms with E-state index in [0.29, 0.717) is 6.61 Å². The maximum Gasteiger partial charge on any atom is 0.0728 e. The molecule has 0 unspecified atom stereocenters. The third-order valence-corrected chi connectivity index (χ3v) is 2.29. The average Bonchev–Trinajstić information content (AvgIpc) is 2.06. The van der Waals surface area contributed by atoms with Crippen LogP contribution in [0, 0.1) is 7.11 Å². The summed E-state index contributed by atoms with van der Waals surface area (Å²) in [5.74, 6) is 0. The van der Waals surface area contributed by atoms with E-state index < -0.39 is 0 Å². The Balaban J connectivity index is 2.83. The van der Waals surface area contributed by atoms with E-state index in [-0.39, 0.29) is 0 Å². The van der Waals surface area contributed by atoms with Crippen LogP contribution in [0.3, 0.4) is 0 Å². The van der Waals surface area contributed by atoms with Crippen LogP contribution >= 0.6 is 11.8 Å². The highest BCUT2D eigenvalue weighted by Crippen LogP contribution is 2.19. The molecule has 0 aliphatic carbocycles. The third-order valence-electron chi connectivity index (χ3n) is 1.45. The molecule has 0 aliphatic heterocycles. The van der Waals surface area contributed by atoms with Crippen LogP contribution in [0.4, 0.5) is 0 Å². The highest BCUT2D eigenvalue weighted by atomic mass is 32.2. The first-order chi connectivity index (χ1) is 5.38. The fourth-order valence-corrected chi connectivity index (χ4v) is 1.54. The Kier molecular flexibility index (Phi) is 3.46. The summed E-state index contributed by atoms with van der Waals surface area (Å²) in [4.78, 5) is 1.26. The molecule has 1 aromatic rings. The van der Waals surface area contributed by atoms with Gasteiger partial charge < -0.3 is 4.74 Å². The lowest BCUT2D eigenvalue weighted by Crippen LogP contribution is -1.87. The zero-order chi connectivity index (χ0) is 8.10. The number of thioether (sulfide) groups is 1. The van der Waals surface area contributed by atoms with E-state index in [1.807, 2.05) is 12.1 Å². The molecule has 0 saturated heterocycles. The molecule has 0 aromatic heterocycles. The zero-order valence-electron chi connectivity index (χ0n) is 6.54. The quantitative estimate of drug-likeness (QED) is 0.640. The summed E-state index contributed by atoms with van der Waals surface area (Å²) in [5.41, 5.74) is 1.20. The highest BCUT2D eigenvalue weighted by molar-refractivity contribution is 7.98. The van der Waals surface area contributed by atoms with Crippen molar-refractivity contribution in [1.29, 1.82) is 0 Å². The maximum absolute atomic E-state index is 4.81. The van der Waals surface area contributed by atoms with E-state index in [1.165, 1.54) is 10.5 Å². The Morgan fingerprint density at radius 1 is 1.45 bits per heavy atom. The minimum Gasteiger partial charge on any atom is -0.374 e. The van der Waals surface area contributed by atoms with Gasteiger partial charge in [-0.3, -0.25) is 0 Å². The van der Waals surface area contributed by atoms with E-state index in [9.17, 15) is 0 Å². The van der Waals surface area contributed by atoms with Gasteiger partial charge in [0.1, 0.15) is 0 Å². The standard InChI is InChI=1S/C9H11OS/c1-10-7-8-5-3-4-6-9(8)11-2/h3-6H,1,7H2,2H3. The molecule has 1 radical (unpaired) electrons. The fourth-order valence-electron chi connectivity index (χ4n) is 0.932. The summed E-state index contributed by atoms with van der Waals surface area (Å²) >= 11 is 1.73. The van der Waals surface area contributed by atoms with E-state index in [2.05, 4.69) is 25.5 Å². The van der Waals surface area contributed by atoms with Crippen molar-refractivity contribution >= 4 is 11.8 Å². The van der Waals surface area contributed by atoms with Crippen molar-refractivity contribution in [2.75, 3.05) is 6.26 Å². The Labute approximate surface area is 71.8 Å². The number of ether oxygens (including phenoxy) is 1. The van der Waals surface area contributed by atoms with Gasteiger partial charge in [-0.15, -0.1) is 11.8 Å². The maximum atomic E-state index is 4.81. The van der Waals surface area contributed by atoms with Gasteiger partial charge in [-0.2, -0.15) is 0 Å². The largest absolute Gasteiger partial charge is 0.374 e. The lowest BCUT2D eigenvalue weighted by atomic mass is 10.2. The van der Waals surface area contributed by atoms with Crippen LogP contribution in [-0.4, -0.2) is 6.26 Å². The molecule has 0 aliphatic rings. The van der Waals surface area contributed by atoms with Gasteiger partial charge in [0, 0.05) is 4.90 Å². The second kappa shape index (κ2) is 4.42. The van der Waals surface area contributed by atoms with Crippen LogP contribution in [0.2, 0.25) is 0 Å². The molecule has 0 N–H and O–H groups in total. The van der Waals surface area contributed by atoms with E-state index in [4.69, 9.17) is 4.74 Å². The molecule has 1 rings (SSSR count). The Morgan fingerprint density at radius 3 is 2.82 bits per heavy atom. The first-order valence-corrected chi connectivity index (χ1v) is 4.60. The average molecular weight is 167 g/mol. The predicted molar refractivity (Wildman–Crippen MR) is 48.4 cm³/mol. The topological polar surface area (TPSA) is 9.23 Å². The van der Waals surface area contributed by atoms with Gasteiger partial charge in [0.2, 0.25) is 0 Å². The summed E-state index contributed by atoms with van der Waals surface area (Å²) in [7, 11) is 3.35. The lowest BCUT2D eigenvalue weighted by Gasteiger charge is -2.04. The predicted octanol–water partition coefficient (Wildman–Crippen LogP) is 2.72. The van der Waals surface area contributed by atoms with Crippen LogP contribution in [-0.2, 0) is 11.3 Å². The number of hydrogen-bond donors (Lipinski definition) is 0. The van der Waals surface area contributed by atoms with Crippen molar-refractivity contribution < 1.29 is 4.74 Å². The second-order valence-corrected chi connectivity index (χ2v) is 3.01. The molecule has 0 saturated carbocycles. The molecule has 0 fully saturated rings. The first-order valence-electron chi connectivity index (χ1n) is 3.37. The summed E-state index contributed by atoms with van der Waals surface area (Å²) < 4.78 is 4.81. The SMILES string of the molecule is [CH2]OCc1ccccc1SC. The molecule has 59 valence electrons. The Hall–Kier alpha value is -0.470. The van der Waals surface area contributed by atoms with Gasteiger partial charge >= 0.3 is 0 Å². The number of rotatable bonds is 3. The highest BCUT2D eigenvalue weighted by Gasteiger charge is 1.97. The molecule has 0 spiro atoms. The van der Waals surface area contributed by atoms with Gasteiger partial charge in [0.15, 0.2) is 0 Å². The molecule has 0 heterocycles.